The van der Waals surface area contributed by atoms with Crippen LogP contribution in [0.2, 0.25) is 19.6 Å². The summed E-state index contributed by atoms with van der Waals surface area (Å²) in [6, 6.07) is 0. The fourth-order valence-electron chi connectivity index (χ4n) is 1.02. The second-order valence-corrected chi connectivity index (χ2v) is 11.7. The Hall–Kier alpha value is -0.684. The van der Waals surface area contributed by atoms with Gasteiger partial charge in [-0.3, -0.25) is 0 Å². The molecule has 140 valence electrons. The zero-order chi connectivity index (χ0) is 20.0. The third-order valence-electron chi connectivity index (χ3n) is 1.73. The van der Waals surface area contributed by atoms with Gasteiger partial charge in [0.1, 0.15) is 8.07 Å². The molecule has 0 fully saturated rings. The van der Waals surface area contributed by atoms with Crippen molar-refractivity contribution in [1.82, 2.24) is 0 Å². The van der Waals surface area contributed by atoms with Crippen molar-refractivity contribution in [1.29, 1.82) is 0 Å². The normalized spacial score (nSPS) is 14.5. The zero-order valence-electron chi connectivity index (χ0n) is 12.8. The molecule has 1 rings (SSSR count). The first-order valence-corrected chi connectivity index (χ1v) is 11.0. The molecule has 0 aromatic rings. The molecule has 0 N–H and O–H groups in total. The molecule has 0 aromatic heterocycles. The quantitative estimate of drug-likeness (QED) is 0.154. The first-order valence-electron chi connectivity index (χ1n) is 5.44. The van der Waals surface area contributed by atoms with Crippen LogP contribution in [0.5, 0.6) is 0 Å². The molecule has 0 amide bonds. The van der Waals surface area contributed by atoms with E-state index in [1.807, 2.05) is 0 Å². The van der Waals surface area contributed by atoms with Crippen LogP contribution < -0.4 is 0 Å². The Bertz CT molecular complexity index is 411. The summed E-state index contributed by atoms with van der Waals surface area (Å²) in [6.07, 6.45) is 10.2. The van der Waals surface area contributed by atoms with Crippen molar-refractivity contribution in [2.45, 2.75) is 26.1 Å². The van der Waals surface area contributed by atoms with Crippen LogP contribution in [0.4, 0.5) is 25.2 Å². The molecule has 0 heterocycles. The van der Waals surface area contributed by atoms with Gasteiger partial charge in [0.25, 0.3) is 0 Å². The van der Waals surface area contributed by atoms with Crippen molar-refractivity contribution < 1.29 is 56.2 Å². The van der Waals surface area contributed by atoms with E-state index in [9.17, 15) is 25.2 Å². The van der Waals surface area contributed by atoms with Crippen LogP contribution in [0.15, 0.2) is 24.3 Å². The van der Waals surface area contributed by atoms with E-state index in [-0.39, 0.29) is 17.1 Å². The number of hydrogen-bond acceptors (Lipinski definition) is 0. The summed E-state index contributed by atoms with van der Waals surface area (Å²) >= 11 is 0. The molecule has 12 heteroatoms. The molecule has 0 radical (unpaired) electrons. The van der Waals surface area contributed by atoms with Crippen LogP contribution in [-0.2, 0) is 31.0 Å². The SMILES string of the molecule is C[Si](C)(C)[C+]1C=CCC=C1.F[P-](F)(F)(F)(F)F.[C-]#[O+].[C-]#[O+].[C-]#[O+].[Fe]. The van der Waals surface area contributed by atoms with Gasteiger partial charge in [0, 0.05) is 46.9 Å². The average Bonchev–Trinajstić information content (AvgIpc) is 2.42. The molecule has 1 aliphatic carbocycles. The van der Waals surface area contributed by atoms with Crippen molar-refractivity contribution in [2.24, 2.45) is 0 Å². The topological polar surface area (TPSA) is 59.7 Å². The summed E-state index contributed by atoms with van der Waals surface area (Å²) < 4.78 is 81.7. The second-order valence-electron chi connectivity index (χ2n) is 4.70. The molecule has 3 nitrogen and oxygen atoms in total. The van der Waals surface area contributed by atoms with Gasteiger partial charge in [0.05, 0.1) is 6.42 Å². The van der Waals surface area contributed by atoms with E-state index in [4.69, 9.17) is 14.0 Å². The van der Waals surface area contributed by atoms with Crippen LogP contribution in [-0.4, -0.2) is 8.07 Å². The summed E-state index contributed by atoms with van der Waals surface area (Å²) in [5, 5.41) is 0. The summed E-state index contributed by atoms with van der Waals surface area (Å²) in [5.74, 6) is 0. The first-order chi connectivity index (χ1) is 10.1. The monoisotopic (exact) mass is 436 g/mol. The van der Waals surface area contributed by atoms with E-state index >= 15 is 0 Å². The molecule has 0 saturated heterocycles. The van der Waals surface area contributed by atoms with Gasteiger partial charge in [0.15, 0.2) is 0 Å². The molecule has 1 aliphatic rings. The third-order valence-corrected chi connectivity index (χ3v) is 3.80. The summed E-state index contributed by atoms with van der Waals surface area (Å²) in [5.41, 5.74) is 1.57. The van der Waals surface area contributed by atoms with Gasteiger partial charge >= 0.3 is 66.9 Å². The largest absolute Gasteiger partial charge is 0 e. The molecule has 0 aromatic carbocycles. The zero-order valence-corrected chi connectivity index (χ0v) is 15.8. The Morgan fingerprint density at radius 1 is 0.792 bits per heavy atom. The smallest absolute Gasteiger partial charge is 0 e. The Balaban J connectivity index is -0.0000000762. The summed E-state index contributed by atoms with van der Waals surface area (Å²) in [6.45, 7) is 20.6. The van der Waals surface area contributed by atoms with Gasteiger partial charge in [-0.15, -0.1) is 0 Å². The van der Waals surface area contributed by atoms with Crippen LogP contribution in [0.25, 0.3) is 0 Å². The molecular formula is C12H15F6FeO3PSi. The second kappa shape index (κ2) is 12.6. The maximum atomic E-state index is 9.87. The van der Waals surface area contributed by atoms with Crippen molar-refractivity contribution in [3.05, 3.63) is 49.8 Å². The average molecular weight is 436 g/mol. The van der Waals surface area contributed by atoms with Crippen LogP contribution in [0.3, 0.4) is 0 Å². The van der Waals surface area contributed by atoms with Crippen molar-refractivity contribution >= 4 is 15.9 Å². The van der Waals surface area contributed by atoms with E-state index in [2.05, 4.69) is 63.9 Å². The number of hydrogen-bond donors (Lipinski definition) is 0. The van der Waals surface area contributed by atoms with Gasteiger partial charge in [0.2, 0.25) is 0 Å². The van der Waals surface area contributed by atoms with Gasteiger partial charge < -0.3 is 0 Å². The summed E-state index contributed by atoms with van der Waals surface area (Å²) in [4.78, 5) is 0. The van der Waals surface area contributed by atoms with Crippen LogP contribution in [0, 0.1) is 25.5 Å². The molecule has 0 spiro atoms. The molecule has 0 atom stereocenters. The molecule has 0 aliphatic heterocycles. The van der Waals surface area contributed by atoms with Crippen molar-refractivity contribution in [2.75, 3.05) is 0 Å². The molecule has 0 bridgehead atoms. The molecule has 0 unspecified atom stereocenters. The third kappa shape index (κ3) is 49.6. The van der Waals surface area contributed by atoms with Crippen LogP contribution >= 0.6 is 7.81 Å². The molecule has 0 saturated carbocycles. The predicted octanol–water partition coefficient (Wildman–Crippen LogP) is 6.22. The minimum absolute atomic E-state index is 0. The van der Waals surface area contributed by atoms with Gasteiger partial charge in [-0.05, 0) is 0 Å². The number of allylic oxidation sites excluding steroid dienone is 4. The number of rotatable bonds is 1. The Kier molecular flexibility index (Phi) is 18.2. The summed E-state index contributed by atoms with van der Waals surface area (Å²) in [7, 11) is -11.7. The van der Waals surface area contributed by atoms with E-state index in [1.54, 1.807) is 5.54 Å². The van der Waals surface area contributed by atoms with E-state index in [0.717, 1.165) is 6.42 Å². The Morgan fingerprint density at radius 2 is 1.00 bits per heavy atom. The standard InChI is InChI=1S/C9H15Si.3CO.F6P.Fe/c1-10(2,3)9-7-5-4-6-8-9;3*1-2;1-7(2,3,4,5)6;/h5-8H,4H2,1-3H3;;;;;/q+1;;;;-1;. The maximum absolute atomic E-state index is 10.7. The van der Waals surface area contributed by atoms with Crippen molar-refractivity contribution in [3.63, 3.8) is 0 Å². The van der Waals surface area contributed by atoms with Crippen LogP contribution in [0.1, 0.15) is 6.42 Å². The number of halogens is 6. The van der Waals surface area contributed by atoms with Gasteiger partial charge in [-0.2, -0.15) is 0 Å². The minimum Gasteiger partial charge on any atom is 0 e. The van der Waals surface area contributed by atoms with E-state index in [0.29, 0.717) is 0 Å². The molecule has 24 heavy (non-hydrogen) atoms. The van der Waals surface area contributed by atoms with Crippen molar-refractivity contribution in [3.8, 4) is 0 Å². The minimum atomic E-state index is -10.7. The Labute approximate surface area is 148 Å². The van der Waals surface area contributed by atoms with Gasteiger partial charge in [-0.25, -0.2) is 0 Å². The Morgan fingerprint density at radius 3 is 1.12 bits per heavy atom. The van der Waals surface area contributed by atoms with Gasteiger partial charge in [-0.1, -0.05) is 19.6 Å². The fraction of sp³-hybridized carbons (Fsp3) is 0.333. The van der Waals surface area contributed by atoms with E-state index in [1.165, 1.54) is 0 Å². The maximum Gasteiger partial charge on any atom is 0 e. The predicted molar refractivity (Wildman–Crippen MR) is 74.8 cm³/mol. The first kappa shape index (κ1) is 34.6. The van der Waals surface area contributed by atoms with E-state index < -0.39 is 15.9 Å². The molecular weight excluding hydrogens is 421 g/mol. The fourth-order valence-corrected chi connectivity index (χ4v) is 2.26.